The monoisotopic (exact) mass is 392 g/mol. The fourth-order valence-corrected chi connectivity index (χ4v) is 3.39. The van der Waals surface area contributed by atoms with Crippen molar-refractivity contribution in [3.05, 3.63) is 45.7 Å². The van der Waals surface area contributed by atoms with Crippen LogP contribution in [0.5, 0.6) is 0 Å². The molecule has 0 saturated carbocycles. The Morgan fingerprint density at radius 1 is 1.42 bits per heavy atom. The van der Waals surface area contributed by atoms with Crippen molar-refractivity contribution < 1.29 is 9.53 Å². The third kappa shape index (κ3) is 4.01. The maximum Gasteiger partial charge on any atom is 0.358 e. The molecule has 1 atom stereocenters. The molecule has 1 fully saturated rings. The highest BCUT2D eigenvalue weighted by atomic mass is 35.5. The second kappa shape index (κ2) is 8.09. The Morgan fingerprint density at radius 2 is 2.23 bits per heavy atom. The number of rotatable bonds is 4. The second-order valence-electron chi connectivity index (χ2n) is 6.24. The summed E-state index contributed by atoms with van der Waals surface area (Å²) >= 11 is 12.0. The van der Waals surface area contributed by atoms with Crippen LogP contribution in [0.3, 0.4) is 0 Å². The number of carbonyl (C=O) groups is 1. The number of ether oxygens (including phenoxy) is 1. The number of methoxy groups -OCH3 is 1. The van der Waals surface area contributed by atoms with E-state index in [9.17, 15) is 4.79 Å². The number of piperidine rings is 1. The number of halogens is 2. The zero-order valence-corrected chi connectivity index (χ0v) is 15.8. The zero-order chi connectivity index (χ0) is 18.7. The maximum absolute atomic E-state index is 12.1. The van der Waals surface area contributed by atoms with E-state index >= 15 is 0 Å². The molecule has 0 radical (unpaired) electrons. The van der Waals surface area contributed by atoms with Crippen LogP contribution in [-0.4, -0.2) is 40.8 Å². The van der Waals surface area contributed by atoms with Gasteiger partial charge in [0.05, 0.1) is 34.8 Å². The van der Waals surface area contributed by atoms with Crippen molar-refractivity contribution in [3.8, 4) is 11.8 Å². The summed E-state index contributed by atoms with van der Waals surface area (Å²) < 4.78 is 6.46. The Bertz CT molecular complexity index is 859. The quantitative estimate of drug-likeness (QED) is 0.741. The molecule has 0 N–H and O–H groups in total. The summed E-state index contributed by atoms with van der Waals surface area (Å²) in [6, 6.07) is 7.48. The SMILES string of the molecule is COC(=O)c1nn(-c2ccc(Cl)c(Cl)c2)cc1CN1CCCC(C#N)C1. The number of hydrogen-bond acceptors (Lipinski definition) is 5. The van der Waals surface area contributed by atoms with Gasteiger partial charge in [0.15, 0.2) is 5.69 Å². The zero-order valence-electron chi connectivity index (χ0n) is 14.3. The van der Waals surface area contributed by atoms with E-state index in [0.29, 0.717) is 28.8 Å². The number of nitriles is 1. The van der Waals surface area contributed by atoms with Crippen LogP contribution in [0.25, 0.3) is 5.69 Å². The van der Waals surface area contributed by atoms with E-state index < -0.39 is 5.97 Å². The first-order valence-electron chi connectivity index (χ1n) is 8.26. The minimum Gasteiger partial charge on any atom is -0.464 e. The molecule has 2 aromatic rings. The van der Waals surface area contributed by atoms with Gasteiger partial charge in [0.1, 0.15) is 0 Å². The molecule has 1 aliphatic rings. The molecule has 1 saturated heterocycles. The fraction of sp³-hybridized carbons (Fsp3) is 0.389. The molecule has 6 nitrogen and oxygen atoms in total. The number of benzene rings is 1. The van der Waals surface area contributed by atoms with E-state index in [0.717, 1.165) is 24.9 Å². The lowest BCUT2D eigenvalue weighted by Gasteiger charge is -2.29. The lowest BCUT2D eigenvalue weighted by atomic mass is 9.99. The van der Waals surface area contributed by atoms with Gasteiger partial charge in [-0.25, -0.2) is 9.48 Å². The smallest absolute Gasteiger partial charge is 0.358 e. The third-order valence-corrected chi connectivity index (χ3v) is 5.16. The summed E-state index contributed by atoms with van der Waals surface area (Å²) in [5, 5.41) is 14.4. The van der Waals surface area contributed by atoms with E-state index in [1.165, 1.54) is 7.11 Å². The summed E-state index contributed by atoms with van der Waals surface area (Å²) in [5.41, 5.74) is 1.71. The number of nitrogens with zero attached hydrogens (tertiary/aromatic N) is 4. The van der Waals surface area contributed by atoms with E-state index in [-0.39, 0.29) is 11.6 Å². The molecule has 2 heterocycles. The second-order valence-corrected chi connectivity index (χ2v) is 7.06. The van der Waals surface area contributed by atoms with Crippen LogP contribution in [-0.2, 0) is 11.3 Å². The summed E-state index contributed by atoms with van der Waals surface area (Å²) in [4.78, 5) is 14.3. The Labute approximate surface area is 161 Å². The van der Waals surface area contributed by atoms with Crippen LogP contribution in [0, 0.1) is 17.2 Å². The normalized spacial score (nSPS) is 17.7. The van der Waals surface area contributed by atoms with Gasteiger partial charge >= 0.3 is 5.97 Å². The summed E-state index contributed by atoms with van der Waals surface area (Å²) in [5.74, 6) is -0.469. The first-order valence-corrected chi connectivity index (χ1v) is 9.01. The van der Waals surface area contributed by atoms with E-state index in [1.807, 2.05) is 0 Å². The molecule has 0 spiro atoms. The van der Waals surface area contributed by atoms with Gasteiger partial charge in [-0.3, -0.25) is 4.90 Å². The van der Waals surface area contributed by atoms with Crippen molar-refractivity contribution >= 4 is 29.2 Å². The van der Waals surface area contributed by atoms with Gasteiger partial charge in [0, 0.05) is 24.8 Å². The molecule has 0 aliphatic carbocycles. The molecule has 1 aromatic carbocycles. The molecule has 3 rings (SSSR count). The maximum atomic E-state index is 12.1. The highest BCUT2D eigenvalue weighted by Crippen LogP contribution is 2.26. The van der Waals surface area contributed by atoms with E-state index in [4.69, 9.17) is 33.2 Å². The minimum atomic E-state index is -0.493. The Morgan fingerprint density at radius 3 is 2.92 bits per heavy atom. The van der Waals surface area contributed by atoms with Gasteiger partial charge in [-0.2, -0.15) is 10.4 Å². The van der Waals surface area contributed by atoms with Gasteiger partial charge in [-0.15, -0.1) is 0 Å². The highest BCUT2D eigenvalue weighted by Gasteiger charge is 2.24. The average molecular weight is 393 g/mol. The first-order chi connectivity index (χ1) is 12.5. The van der Waals surface area contributed by atoms with Gasteiger partial charge in [0.2, 0.25) is 0 Å². The Hall–Kier alpha value is -2.07. The van der Waals surface area contributed by atoms with Crippen molar-refractivity contribution in [1.29, 1.82) is 5.26 Å². The van der Waals surface area contributed by atoms with Crippen LogP contribution in [0.4, 0.5) is 0 Å². The van der Waals surface area contributed by atoms with Crippen LogP contribution >= 0.6 is 23.2 Å². The average Bonchev–Trinajstić information content (AvgIpc) is 3.07. The Kier molecular flexibility index (Phi) is 5.82. The summed E-state index contributed by atoms with van der Waals surface area (Å²) in [6.07, 6.45) is 3.67. The number of esters is 1. The van der Waals surface area contributed by atoms with Gasteiger partial charge in [-0.1, -0.05) is 23.2 Å². The predicted molar refractivity (Wildman–Crippen MR) is 98.5 cm³/mol. The van der Waals surface area contributed by atoms with Crippen LogP contribution in [0.2, 0.25) is 10.0 Å². The standard InChI is InChI=1S/C18H18Cl2N4O2/c1-26-18(25)17-13(10-23-6-2-3-12(8-21)9-23)11-24(22-17)14-4-5-15(19)16(20)7-14/h4-5,7,11-12H,2-3,6,9-10H2,1H3. The van der Waals surface area contributed by atoms with Crippen molar-refractivity contribution in [2.75, 3.05) is 20.2 Å². The Balaban J connectivity index is 1.91. The number of aromatic nitrogens is 2. The van der Waals surface area contributed by atoms with Crippen molar-refractivity contribution in [2.24, 2.45) is 5.92 Å². The van der Waals surface area contributed by atoms with E-state index in [1.54, 1.807) is 29.1 Å². The topological polar surface area (TPSA) is 71.2 Å². The predicted octanol–water partition coefficient (Wildman–Crippen LogP) is 3.70. The lowest BCUT2D eigenvalue weighted by Crippen LogP contribution is -2.34. The van der Waals surface area contributed by atoms with Gasteiger partial charge < -0.3 is 4.74 Å². The van der Waals surface area contributed by atoms with Crippen molar-refractivity contribution in [2.45, 2.75) is 19.4 Å². The van der Waals surface area contributed by atoms with E-state index in [2.05, 4.69) is 16.1 Å². The van der Waals surface area contributed by atoms with Crippen molar-refractivity contribution in [3.63, 3.8) is 0 Å². The molecule has 1 aliphatic heterocycles. The summed E-state index contributed by atoms with van der Waals surface area (Å²) in [7, 11) is 1.33. The molecule has 1 aromatic heterocycles. The number of likely N-dealkylation sites (tertiary alicyclic amines) is 1. The van der Waals surface area contributed by atoms with Gasteiger partial charge in [0.25, 0.3) is 0 Å². The first kappa shape index (κ1) is 18.7. The highest BCUT2D eigenvalue weighted by molar-refractivity contribution is 6.42. The largest absolute Gasteiger partial charge is 0.464 e. The number of carbonyl (C=O) groups excluding carboxylic acids is 1. The number of hydrogen-bond donors (Lipinski definition) is 0. The molecule has 26 heavy (non-hydrogen) atoms. The molecular formula is C18H18Cl2N4O2. The molecule has 8 heteroatoms. The van der Waals surface area contributed by atoms with Crippen LogP contribution in [0.15, 0.2) is 24.4 Å². The third-order valence-electron chi connectivity index (χ3n) is 4.42. The van der Waals surface area contributed by atoms with Crippen LogP contribution < -0.4 is 0 Å². The summed E-state index contributed by atoms with van der Waals surface area (Å²) in [6.45, 7) is 2.11. The van der Waals surface area contributed by atoms with Crippen LogP contribution in [0.1, 0.15) is 28.9 Å². The van der Waals surface area contributed by atoms with Gasteiger partial charge in [-0.05, 0) is 37.6 Å². The lowest BCUT2D eigenvalue weighted by molar-refractivity contribution is 0.0590. The molecular weight excluding hydrogens is 375 g/mol. The minimum absolute atomic E-state index is 0.0236. The molecule has 0 bridgehead atoms. The fourth-order valence-electron chi connectivity index (χ4n) is 3.10. The molecule has 1 unspecified atom stereocenters. The van der Waals surface area contributed by atoms with Crippen molar-refractivity contribution in [1.82, 2.24) is 14.7 Å². The molecule has 0 amide bonds. The molecule has 136 valence electrons.